The first kappa shape index (κ1) is 11.9. The molecule has 70 valence electrons. The van der Waals surface area contributed by atoms with Gasteiger partial charge < -0.3 is 11.1 Å². The minimum Gasteiger partial charge on any atom is -0.356 e. The fourth-order valence-electron chi connectivity index (χ4n) is 0.733. The molecule has 0 aliphatic rings. The Morgan fingerprint density at radius 3 is 2.83 bits per heavy atom. The minimum atomic E-state index is 0.101. The lowest BCUT2D eigenvalue weighted by molar-refractivity contribution is -0.120. The molecule has 0 saturated carbocycles. The molecule has 0 aliphatic heterocycles. The van der Waals surface area contributed by atoms with Gasteiger partial charge in [0.05, 0.1) is 0 Å². The van der Waals surface area contributed by atoms with Crippen molar-refractivity contribution in [2.75, 3.05) is 19.3 Å². The monoisotopic (exact) mass is 206 g/mol. The maximum atomic E-state index is 11.0. The first-order valence-electron chi connectivity index (χ1n) is 4.07. The predicted molar refractivity (Wildman–Crippen MR) is 55.1 cm³/mol. The number of nitrogens with one attached hydrogen (secondary N) is 1. The molecule has 12 heavy (non-hydrogen) atoms. The molecule has 0 unspecified atom stereocenters. The van der Waals surface area contributed by atoms with Gasteiger partial charge >= 0.3 is 0 Å². The second kappa shape index (κ2) is 9.04. The summed E-state index contributed by atoms with van der Waals surface area (Å²) in [5.41, 5.74) is 5.30. The fourth-order valence-corrected chi connectivity index (χ4v) is 1.30. The van der Waals surface area contributed by atoms with Gasteiger partial charge in [-0.25, -0.2) is 0 Å². The molecular weight excluding hydrogens is 191 g/mol. The van der Waals surface area contributed by atoms with Crippen LogP contribution in [0.4, 0.5) is 0 Å². The van der Waals surface area contributed by atoms with Crippen LogP contribution in [0.2, 0.25) is 0 Å². The van der Waals surface area contributed by atoms with E-state index in [0.717, 1.165) is 32.9 Å². The highest BCUT2D eigenvalue weighted by Gasteiger charge is 1.97. The van der Waals surface area contributed by atoms with Crippen molar-refractivity contribution in [3.8, 4) is 0 Å². The first-order valence-corrected chi connectivity index (χ1v) is 6.16. The molecule has 0 aromatic rings. The van der Waals surface area contributed by atoms with Gasteiger partial charge in [-0.3, -0.25) is 4.79 Å². The van der Waals surface area contributed by atoms with E-state index < -0.39 is 0 Å². The minimum absolute atomic E-state index is 0.101. The van der Waals surface area contributed by atoms with E-state index in [1.165, 1.54) is 0 Å². The average molecular weight is 206 g/mol. The van der Waals surface area contributed by atoms with Gasteiger partial charge in [0.15, 0.2) is 0 Å². The van der Waals surface area contributed by atoms with Crippen LogP contribution in [0.3, 0.4) is 0 Å². The zero-order valence-corrected chi connectivity index (χ0v) is 8.79. The summed E-state index contributed by atoms with van der Waals surface area (Å²) in [5.74, 6) is 0.101. The lowest BCUT2D eigenvalue weighted by Gasteiger charge is -2.01. The van der Waals surface area contributed by atoms with Crippen LogP contribution in [0, 0.1) is 0 Å². The molecule has 0 rings (SSSR count). The normalized spacial score (nSPS) is 10.1. The molecular formula is C7H15N2OPS. The summed E-state index contributed by atoms with van der Waals surface area (Å²) in [6.07, 6.45) is 3.26. The molecule has 0 spiro atoms. The van der Waals surface area contributed by atoms with Gasteiger partial charge in [-0.15, -0.1) is 0 Å². The molecule has 0 heterocycles. The zero-order valence-electron chi connectivity index (χ0n) is 7.08. The largest absolute Gasteiger partial charge is 0.356 e. The van der Waals surface area contributed by atoms with Gasteiger partial charge in [-0.05, 0) is 26.7 Å². The predicted octanol–water partition coefficient (Wildman–Crippen LogP) is 0.640. The van der Waals surface area contributed by atoms with Crippen molar-refractivity contribution in [1.82, 2.24) is 5.32 Å². The van der Waals surface area contributed by atoms with Crippen LogP contribution in [0.1, 0.15) is 19.3 Å². The third-order valence-electron chi connectivity index (χ3n) is 1.38. The van der Waals surface area contributed by atoms with Gasteiger partial charge in [0.25, 0.3) is 0 Å². The van der Waals surface area contributed by atoms with E-state index in [-0.39, 0.29) is 5.91 Å². The molecule has 0 fully saturated rings. The highest BCUT2D eigenvalue weighted by molar-refractivity contribution is 7.96. The fraction of sp³-hybridized carbons (Fsp3) is 0.857. The number of rotatable bonds is 7. The topological polar surface area (TPSA) is 55.1 Å². The summed E-state index contributed by atoms with van der Waals surface area (Å²) in [5, 5.41) is 2.81. The molecule has 0 aliphatic carbocycles. The first-order chi connectivity index (χ1) is 5.81. The molecule has 1 amide bonds. The van der Waals surface area contributed by atoms with Gasteiger partial charge in [-0.2, -0.15) is 0 Å². The van der Waals surface area contributed by atoms with Gasteiger partial charge in [0.2, 0.25) is 5.91 Å². The Balaban J connectivity index is 3.13. The summed E-state index contributed by atoms with van der Waals surface area (Å²) >= 11 is 4.70. The lowest BCUT2D eigenvalue weighted by Crippen LogP contribution is -2.24. The summed E-state index contributed by atoms with van der Waals surface area (Å²) in [6.45, 7) is 1.44. The van der Waals surface area contributed by atoms with Crippen molar-refractivity contribution in [2.45, 2.75) is 19.3 Å². The van der Waals surface area contributed by atoms with Gasteiger partial charge in [0, 0.05) is 19.1 Å². The highest BCUT2D eigenvalue weighted by atomic mass is 32.4. The van der Waals surface area contributed by atoms with E-state index in [9.17, 15) is 4.79 Å². The molecule has 0 bridgehead atoms. The maximum Gasteiger partial charge on any atom is 0.220 e. The van der Waals surface area contributed by atoms with Crippen LogP contribution in [0.25, 0.3) is 0 Å². The van der Waals surface area contributed by atoms with Crippen molar-refractivity contribution >= 4 is 25.1 Å². The summed E-state index contributed by atoms with van der Waals surface area (Å²) < 4.78 is 0. The van der Waals surface area contributed by atoms with Gasteiger partial charge in [-0.1, -0.05) is 11.8 Å². The van der Waals surface area contributed by atoms with Crippen molar-refractivity contribution in [1.29, 1.82) is 0 Å². The van der Waals surface area contributed by atoms with E-state index in [2.05, 4.69) is 5.32 Å². The molecule has 5 heteroatoms. The van der Waals surface area contributed by atoms with E-state index >= 15 is 0 Å². The van der Waals surface area contributed by atoms with Crippen molar-refractivity contribution in [3.63, 3.8) is 0 Å². The van der Waals surface area contributed by atoms with E-state index in [1.807, 2.05) is 0 Å². The third kappa shape index (κ3) is 8.05. The number of carbonyl (C=O) groups is 1. The Labute approximate surface area is 79.9 Å². The summed E-state index contributed by atoms with van der Waals surface area (Å²) in [7, 11) is 0.867. The Hall–Kier alpha value is -0.0500. The summed E-state index contributed by atoms with van der Waals surface area (Å²) in [6, 6.07) is 0. The Morgan fingerprint density at radius 1 is 1.50 bits per heavy atom. The Morgan fingerprint density at radius 2 is 2.25 bits per heavy atom. The standard InChI is InChI=1S/C7H15N2OPS/c8-4-1-2-5-9-7(10)3-6-11-12/h1-6,8H2,(H,9,10). The van der Waals surface area contributed by atoms with Crippen LogP contribution >= 0.6 is 7.36 Å². The van der Waals surface area contributed by atoms with Crippen molar-refractivity contribution < 1.29 is 4.79 Å². The van der Waals surface area contributed by atoms with E-state index in [0.29, 0.717) is 13.0 Å². The third-order valence-corrected chi connectivity index (χ3v) is 2.34. The molecule has 3 N–H and O–H groups in total. The van der Waals surface area contributed by atoms with Gasteiger partial charge in [0.1, 0.15) is 0 Å². The number of nitrogens with two attached hydrogens (primary N) is 1. The quantitative estimate of drug-likeness (QED) is 0.475. The number of hydrogen-bond acceptors (Lipinski definition) is 3. The zero-order chi connectivity index (χ0) is 9.23. The number of unbranched alkanes of at least 4 members (excludes halogenated alkanes) is 1. The molecule has 3 nitrogen and oxygen atoms in total. The van der Waals surface area contributed by atoms with E-state index in [4.69, 9.17) is 17.5 Å². The second-order valence-corrected chi connectivity index (χ2v) is 3.93. The number of carbonyl (C=O) groups excluding carboxylic acids is 1. The number of amides is 1. The Kier molecular flexibility index (Phi) is 9.00. The van der Waals surface area contributed by atoms with Crippen LogP contribution in [-0.4, -0.2) is 25.2 Å². The molecule has 0 aromatic carbocycles. The molecule has 0 saturated heterocycles. The second-order valence-electron chi connectivity index (χ2n) is 2.45. The van der Waals surface area contributed by atoms with Crippen molar-refractivity contribution in [2.24, 2.45) is 5.73 Å². The van der Waals surface area contributed by atoms with E-state index in [1.54, 1.807) is 0 Å². The molecule has 0 aromatic heterocycles. The highest BCUT2D eigenvalue weighted by Crippen LogP contribution is 1.94. The smallest absolute Gasteiger partial charge is 0.220 e. The summed E-state index contributed by atoms with van der Waals surface area (Å²) in [4.78, 5) is 11.0. The maximum absolute atomic E-state index is 11.0. The van der Waals surface area contributed by atoms with Crippen molar-refractivity contribution in [3.05, 3.63) is 0 Å². The number of hydrogen-bond donors (Lipinski definition) is 2. The lowest BCUT2D eigenvalue weighted by atomic mass is 10.3. The van der Waals surface area contributed by atoms with Crippen LogP contribution in [0.5, 0.6) is 0 Å². The SMILES string of the molecule is NCCCCNC(=O)CCP=S. The average Bonchev–Trinajstić information content (AvgIpc) is 2.09. The van der Waals surface area contributed by atoms with Crippen LogP contribution in [0.15, 0.2) is 0 Å². The van der Waals surface area contributed by atoms with Crippen LogP contribution < -0.4 is 11.1 Å². The Bertz CT molecular complexity index is 143. The van der Waals surface area contributed by atoms with Crippen LogP contribution in [-0.2, 0) is 16.6 Å². The molecule has 0 atom stereocenters. The molecule has 0 radical (unpaired) electrons.